The molecule has 2 aromatic rings. The Kier molecular flexibility index (Phi) is 1.70. The zero-order valence-electron chi connectivity index (χ0n) is 6.47. The van der Waals surface area contributed by atoms with Crippen molar-refractivity contribution in [1.82, 2.24) is 4.98 Å². The molecule has 0 saturated heterocycles. The summed E-state index contributed by atoms with van der Waals surface area (Å²) in [5.41, 5.74) is 7.52. The summed E-state index contributed by atoms with van der Waals surface area (Å²) >= 11 is 7.39. The van der Waals surface area contributed by atoms with Crippen LogP contribution in [-0.4, -0.2) is 4.98 Å². The fourth-order valence-electron chi connectivity index (χ4n) is 1.07. The van der Waals surface area contributed by atoms with Crippen LogP contribution in [-0.2, 0) is 0 Å². The fourth-order valence-corrected chi connectivity index (χ4v) is 2.05. The van der Waals surface area contributed by atoms with E-state index in [9.17, 15) is 0 Å². The van der Waals surface area contributed by atoms with Crippen molar-refractivity contribution in [3.63, 3.8) is 0 Å². The SMILES string of the molecule is Cc1cc2nc(N)sc2cc1Cl. The third-order valence-corrected chi connectivity index (χ3v) is 2.94. The van der Waals surface area contributed by atoms with Crippen molar-refractivity contribution in [1.29, 1.82) is 0 Å². The Morgan fingerprint density at radius 2 is 2.25 bits per heavy atom. The molecule has 2 nitrogen and oxygen atoms in total. The van der Waals surface area contributed by atoms with Crippen molar-refractivity contribution in [3.05, 3.63) is 22.7 Å². The lowest BCUT2D eigenvalue weighted by atomic mass is 10.2. The summed E-state index contributed by atoms with van der Waals surface area (Å²) in [6.07, 6.45) is 0. The van der Waals surface area contributed by atoms with Crippen LogP contribution in [0.5, 0.6) is 0 Å². The Bertz CT molecular complexity index is 397. The fraction of sp³-hybridized carbons (Fsp3) is 0.125. The van der Waals surface area contributed by atoms with Crippen LogP contribution in [0, 0.1) is 6.92 Å². The van der Waals surface area contributed by atoms with E-state index in [0.29, 0.717) is 5.13 Å². The second-order valence-corrected chi connectivity index (χ2v) is 4.09. The molecule has 4 heteroatoms. The van der Waals surface area contributed by atoms with E-state index in [4.69, 9.17) is 17.3 Å². The number of benzene rings is 1. The van der Waals surface area contributed by atoms with E-state index >= 15 is 0 Å². The van der Waals surface area contributed by atoms with Gasteiger partial charge in [-0.2, -0.15) is 0 Å². The van der Waals surface area contributed by atoms with Crippen LogP contribution in [0.1, 0.15) is 5.56 Å². The van der Waals surface area contributed by atoms with Gasteiger partial charge in [-0.1, -0.05) is 22.9 Å². The first-order valence-electron chi connectivity index (χ1n) is 3.49. The van der Waals surface area contributed by atoms with Gasteiger partial charge >= 0.3 is 0 Å². The Morgan fingerprint density at radius 1 is 1.50 bits per heavy atom. The Morgan fingerprint density at radius 3 is 3.00 bits per heavy atom. The number of hydrogen-bond donors (Lipinski definition) is 1. The molecule has 1 aromatic heterocycles. The summed E-state index contributed by atoms with van der Waals surface area (Å²) in [6.45, 7) is 1.96. The predicted molar refractivity (Wildman–Crippen MR) is 53.8 cm³/mol. The van der Waals surface area contributed by atoms with Crippen molar-refractivity contribution in [2.45, 2.75) is 6.92 Å². The second kappa shape index (κ2) is 2.61. The zero-order chi connectivity index (χ0) is 8.72. The molecule has 0 atom stereocenters. The van der Waals surface area contributed by atoms with E-state index < -0.39 is 0 Å². The van der Waals surface area contributed by atoms with E-state index in [0.717, 1.165) is 20.8 Å². The van der Waals surface area contributed by atoms with Gasteiger partial charge in [0.2, 0.25) is 0 Å². The molecule has 0 saturated carbocycles. The number of rotatable bonds is 0. The number of halogens is 1. The normalized spacial score (nSPS) is 10.8. The minimum absolute atomic E-state index is 0.590. The largest absolute Gasteiger partial charge is 0.375 e. The summed E-state index contributed by atoms with van der Waals surface area (Å²) in [6, 6.07) is 3.85. The van der Waals surface area contributed by atoms with Crippen molar-refractivity contribution in [3.8, 4) is 0 Å². The number of nitrogens with zero attached hydrogens (tertiary/aromatic N) is 1. The first kappa shape index (κ1) is 7.83. The number of aromatic nitrogens is 1. The lowest BCUT2D eigenvalue weighted by Crippen LogP contribution is -1.79. The van der Waals surface area contributed by atoms with Crippen LogP contribution in [0.15, 0.2) is 12.1 Å². The highest BCUT2D eigenvalue weighted by Gasteiger charge is 2.03. The minimum Gasteiger partial charge on any atom is -0.375 e. The molecule has 1 heterocycles. The van der Waals surface area contributed by atoms with Crippen LogP contribution in [0.25, 0.3) is 10.2 Å². The smallest absolute Gasteiger partial charge is 0.181 e. The van der Waals surface area contributed by atoms with Gasteiger partial charge in [0.1, 0.15) is 0 Å². The van der Waals surface area contributed by atoms with Gasteiger partial charge in [0, 0.05) is 5.02 Å². The molecule has 0 spiro atoms. The highest BCUT2D eigenvalue weighted by molar-refractivity contribution is 7.22. The number of thiazole rings is 1. The maximum Gasteiger partial charge on any atom is 0.181 e. The number of nitrogens with two attached hydrogens (primary N) is 1. The Labute approximate surface area is 79.0 Å². The average molecular weight is 199 g/mol. The highest BCUT2D eigenvalue weighted by atomic mass is 35.5. The molecule has 0 fully saturated rings. The maximum absolute atomic E-state index is 5.93. The van der Waals surface area contributed by atoms with Crippen molar-refractivity contribution in [2.75, 3.05) is 5.73 Å². The van der Waals surface area contributed by atoms with E-state index in [1.807, 2.05) is 19.1 Å². The van der Waals surface area contributed by atoms with Gasteiger partial charge in [-0.05, 0) is 24.6 Å². The quantitative estimate of drug-likeness (QED) is 0.707. The summed E-state index contributed by atoms with van der Waals surface area (Å²) in [5, 5.41) is 1.36. The monoisotopic (exact) mass is 198 g/mol. The number of hydrogen-bond acceptors (Lipinski definition) is 3. The third-order valence-electron chi connectivity index (χ3n) is 1.69. The predicted octanol–water partition coefficient (Wildman–Crippen LogP) is 2.84. The molecule has 62 valence electrons. The van der Waals surface area contributed by atoms with E-state index in [1.165, 1.54) is 11.3 Å². The molecule has 0 aliphatic heterocycles. The number of anilines is 1. The molecular formula is C8H7ClN2S. The van der Waals surface area contributed by atoms with Crippen molar-refractivity contribution >= 4 is 38.3 Å². The highest BCUT2D eigenvalue weighted by Crippen LogP contribution is 2.28. The molecular weight excluding hydrogens is 192 g/mol. The summed E-state index contributed by atoms with van der Waals surface area (Å²) < 4.78 is 1.04. The van der Waals surface area contributed by atoms with Crippen LogP contribution in [0.3, 0.4) is 0 Å². The topological polar surface area (TPSA) is 38.9 Å². The Hall–Kier alpha value is -0.800. The van der Waals surface area contributed by atoms with Gasteiger partial charge in [0.15, 0.2) is 5.13 Å². The first-order valence-corrected chi connectivity index (χ1v) is 4.68. The molecule has 0 unspecified atom stereocenters. The van der Waals surface area contributed by atoms with Gasteiger partial charge in [0.05, 0.1) is 10.2 Å². The third kappa shape index (κ3) is 1.15. The summed E-state index contributed by atoms with van der Waals surface area (Å²) in [4.78, 5) is 4.15. The van der Waals surface area contributed by atoms with Crippen LogP contribution in [0.4, 0.5) is 5.13 Å². The van der Waals surface area contributed by atoms with Gasteiger partial charge in [-0.25, -0.2) is 4.98 Å². The molecule has 2 rings (SSSR count). The van der Waals surface area contributed by atoms with Gasteiger partial charge in [-0.3, -0.25) is 0 Å². The molecule has 1 aromatic carbocycles. The average Bonchev–Trinajstić information content (AvgIpc) is 2.30. The van der Waals surface area contributed by atoms with Crippen molar-refractivity contribution in [2.24, 2.45) is 0 Å². The second-order valence-electron chi connectivity index (χ2n) is 2.62. The lowest BCUT2D eigenvalue weighted by molar-refractivity contribution is 1.45. The van der Waals surface area contributed by atoms with Crippen molar-refractivity contribution < 1.29 is 0 Å². The minimum atomic E-state index is 0.590. The standard InChI is InChI=1S/C8H7ClN2S/c1-4-2-6-7(3-5(4)9)12-8(10)11-6/h2-3H,1H3,(H2,10,11). The molecule has 0 bridgehead atoms. The van der Waals surface area contributed by atoms with Crippen LogP contribution >= 0.6 is 22.9 Å². The van der Waals surface area contributed by atoms with Crippen LogP contribution in [0.2, 0.25) is 5.02 Å². The van der Waals surface area contributed by atoms with Crippen LogP contribution < -0.4 is 5.73 Å². The van der Waals surface area contributed by atoms with E-state index in [1.54, 1.807) is 0 Å². The molecule has 0 aliphatic rings. The molecule has 0 amide bonds. The van der Waals surface area contributed by atoms with Gasteiger partial charge in [-0.15, -0.1) is 0 Å². The van der Waals surface area contributed by atoms with Gasteiger partial charge in [0.25, 0.3) is 0 Å². The first-order chi connectivity index (χ1) is 5.66. The molecule has 12 heavy (non-hydrogen) atoms. The van der Waals surface area contributed by atoms with Gasteiger partial charge < -0.3 is 5.73 Å². The van der Waals surface area contributed by atoms with E-state index in [-0.39, 0.29) is 0 Å². The summed E-state index contributed by atoms with van der Waals surface area (Å²) in [5.74, 6) is 0. The maximum atomic E-state index is 5.93. The molecule has 0 radical (unpaired) electrons. The number of nitrogen functional groups attached to an aromatic ring is 1. The molecule has 0 aliphatic carbocycles. The van der Waals surface area contributed by atoms with E-state index in [2.05, 4.69) is 4.98 Å². The lowest BCUT2D eigenvalue weighted by Gasteiger charge is -1.94. The summed E-state index contributed by atoms with van der Waals surface area (Å²) in [7, 11) is 0. The number of aryl methyl sites for hydroxylation is 1. The molecule has 2 N–H and O–H groups in total. The number of fused-ring (bicyclic) bond motifs is 1. The zero-order valence-corrected chi connectivity index (χ0v) is 8.04. The Balaban J connectivity index is 2.83.